The minimum atomic E-state index is -0.241. The molecule has 0 radical (unpaired) electrons. The molecular formula is C18H22ClN5O2. The fourth-order valence-corrected chi connectivity index (χ4v) is 3.02. The van der Waals surface area contributed by atoms with Gasteiger partial charge in [-0.3, -0.25) is 14.7 Å². The lowest BCUT2D eigenvalue weighted by Gasteiger charge is -2.14. The monoisotopic (exact) mass is 375 g/mol. The molecule has 26 heavy (non-hydrogen) atoms. The zero-order chi connectivity index (χ0) is 17.4. The van der Waals surface area contributed by atoms with Crippen LogP contribution in [0.5, 0.6) is 0 Å². The van der Waals surface area contributed by atoms with Gasteiger partial charge in [-0.1, -0.05) is 6.07 Å². The van der Waals surface area contributed by atoms with Gasteiger partial charge in [0.1, 0.15) is 0 Å². The molecule has 1 aliphatic carbocycles. The van der Waals surface area contributed by atoms with Crippen LogP contribution in [-0.2, 0) is 17.8 Å². The van der Waals surface area contributed by atoms with Crippen molar-refractivity contribution >= 4 is 35.6 Å². The second kappa shape index (κ2) is 7.47. The summed E-state index contributed by atoms with van der Waals surface area (Å²) in [6.07, 6.45) is 2.76. The summed E-state index contributed by atoms with van der Waals surface area (Å²) < 4.78 is 0. The van der Waals surface area contributed by atoms with Crippen LogP contribution in [0.2, 0.25) is 0 Å². The highest BCUT2D eigenvalue weighted by Gasteiger charge is 2.29. The van der Waals surface area contributed by atoms with E-state index in [1.165, 1.54) is 0 Å². The number of anilines is 2. The summed E-state index contributed by atoms with van der Waals surface area (Å²) in [7, 11) is 0. The lowest BCUT2D eigenvalue weighted by atomic mass is 10.1. The molecule has 138 valence electrons. The Hall–Kier alpha value is -2.38. The van der Waals surface area contributed by atoms with Crippen LogP contribution in [0, 0.1) is 12.8 Å². The number of carbonyl (C=O) groups is 2. The summed E-state index contributed by atoms with van der Waals surface area (Å²) in [5, 5.41) is 16.2. The first-order chi connectivity index (χ1) is 12.1. The predicted molar refractivity (Wildman–Crippen MR) is 102 cm³/mol. The van der Waals surface area contributed by atoms with Crippen LogP contribution in [0.15, 0.2) is 18.2 Å². The number of benzene rings is 1. The summed E-state index contributed by atoms with van der Waals surface area (Å²) in [6.45, 7) is 3.45. The van der Waals surface area contributed by atoms with E-state index in [4.69, 9.17) is 0 Å². The molecule has 1 aromatic carbocycles. The molecule has 4 N–H and O–H groups in total. The Morgan fingerprint density at radius 3 is 2.81 bits per heavy atom. The lowest BCUT2D eigenvalue weighted by Crippen LogP contribution is -2.25. The number of aryl methyl sites for hydroxylation is 1. The van der Waals surface area contributed by atoms with Crippen molar-refractivity contribution < 1.29 is 9.59 Å². The quantitative estimate of drug-likeness (QED) is 0.659. The maximum atomic E-state index is 12.6. The molecular weight excluding hydrogens is 354 g/mol. The predicted octanol–water partition coefficient (Wildman–Crippen LogP) is 2.39. The molecule has 0 unspecified atom stereocenters. The molecule has 0 bridgehead atoms. The molecule has 8 heteroatoms. The number of hydrogen-bond donors (Lipinski definition) is 4. The number of nitrogens with one attached hydrogen (secondary N) is 4. The van der Waals surface area contributed by atoms with Gasteiger partial charge < -0.3 is 16.0 Å². The van der Waals surface area contributed by atoms with Crippen LogP contribution in [-0.4, -0.2) is 28.6 Å². The number of carbonyl (C=O) groups excluding carboxylic acids is 2. The number of nitrogens with zero attached hydrogens (tertiary/aromatic N) is 1. The first-order valence-corrected chi connectivity index (χ1v) is 8.61. The average Bonchev–Trinajstić information content (AvgIpc) is 3.37. The smallest absolute Gasteiger partial charge is 0.276 e. The van der Waals surface area contributed by atoms with Gasteiger partial charge in [0.2, 0.25) is 5.91 Å². The van der Waals surface area contributed by atoms with Crippen molar-refractivity contribution in [3.63, 3.8) is 0 Å². The Bertz CT molecular complexity index is 844. The molecule has 0 spiro atoms. The number of amides is 2. The van der Waals surface area contributed by atoms with Crippen LogP contribution in [0.4, 0.5) is 11.4 Å². The molecule has 1 aromatic heterocycles. The van der Waals surface area contributed by atoms with E-state index in [0.29, 0.717) is 23.6 Å². The van der Waals surface area contributed by atoms with Gasteiger partial charge in [0.05, 0.1) is 0 Å². The van der Waals surface area contributed by atoms with E-state index in [2.05, 4.69) is 26.1 Å². The van der Waals surface area contributed by atoms with E-state index < -0.39 is 0 Å². The molecule has 0 saturated heterocycles. The SMILES string of the molecule is Cc1ccc(NC(=O)C2CC2)cc1NC(=O)c1n[nH]c2c1CNCC2.Cl. The summed E-state index contributed by atoms with van der Waals surface area (Å²) >= 11 is 0. The van der Waals surface area contributed by atoms with Gasteiger partial charge in [-0.2, -0.15) is 5.10 Å². The fraction of sp³-hybridized carbons (Fsp3) is 0.389. The van der Waals surface area contributed by atoms with Crippen LogP contribution in [0.25, 0.3) is 0 Å². The highest BCUT2D eigenvalue weighted by molar-refractivity contribution is 6.05. The van der Waals surface area contributed by atoms with Crippen molar-refractivity contribution in [1.82, 2.24) is 15.5 Å². The van der Waals surface area contributed by atoms with Gasteiger partial charge in [0.25, 0.3) is 5.91 Å². The molecule has 1 fully saturated rings. The average molecular weight is 376 g/mol. The van der Waals surface area contributed by atoms with Crippen molar-refractivity contribution in [3.05, 3.63) is 40.7 Å². The van der Waals surface area contributed by atoms with Crippen LogP contribution < -0.4 is 16.0 Å². The normalized spacial score (nSPS) is 15.6. The molecule has 2 aromatic rings. The van der Waals surface area contributed by atoms with Crippen LogP contribution in [0.3, 0.4) is 0 Å². The molecule has 1 aliphatic heterocycles. The Labute approximate surface area is 157 Å². The summed E-state index contributed by atoms with van der Waals surface area (Å²) in [5.74, 6) is -0.0500. The zero-order valence-electron chi connectivity index (χ0n) is 14.5. The number of rotatable bonds is 4. The molecule has 7 nitrogen and oxygen atoms in total. The van der Waals surface area contributed by atoms with Crippen molar-refractivity contribution in [2.45, 2.75) is 32.7 Å². The molecule has 0 atom stereocenters. The summed E-state index contributed by atoms with van der Waals surface area (Å²) in [6, 6.07) is 5.54. The number of H-pyrrole nitrogens is 1. The minimum Gasteiger partial charge on any atom is -0.326 e. The lowest BCUT2D eigenvalue weighted by molar-refractivity contribution is -0.117. The van der Waals surface area contributed by atoms with E-state index in [0.717, 1.165) is 42.6 Å². The third-order valence-electron chi connectivity index (χ3n) is 4.72. The third kappa shape index (κ3) is 3.73. The van der Waals surface area contributed by atoms with E-state index in [9.17, 15) is 9.59 Å². The molecule has 4 rings (SSSR count). The van der Waals surface area contributed by atoms with Crippen molar-refractivity contribution in [2.75, 3.05) is 17.2 Å². The van der Waals surface area contributed by atoms with Gasteiger partial charge in [-0.05, 0) is 37.5 Å². The van der Waals surface area contributed by atoms with Gasteiger partial charge >= 0.3 is 0 Å². The summed E-state index contributed by atoms with van der Waals surface area (Å²) in [5.41, 5.74) is 4.68. The Balaban J connectivity index is 0.00000196. The molecule has 1 saturated carbocycles. The fourth-order valence-electron chi connectivity index (χ4n) is 3.02. The highest BCUT2D eigenvalue weighted by atomic mass is 35.5. The van der Waals surface area contributed by atoms with Crippen molar-refractivity contribution in [2.24, 2.45) is 5.92 Å². The topological polar surface area (TPSA) is 98.9 Å². The van der Waals surface area contributed by atoms with E-state index >= 15 is 0 Å². The van der Waals surface area contributed by atoms with Gasteiger partial charge in [-0.15, -0.1) is 12.4 Å². The van der Waals surface area contributed by atoms with Crippen molar-refractivity contribution in [3.8, 4) is 0 Å². The van der Waals surface area contributed by atoms with Gasteiger partial charge in [0.15, 0.2) is 5.69 Å². The molecule has 2 heterocycles. The Morgan fingerprint density at radius 1 is 1.23 bits per heavy atom. The number of aromatic amines is 1. The Kier molecular flexibility index (Phi) is 5.29. The first-order valence-electron chi connectivity index (χ1n) is 8.61. The first kappa shape index (κ1) is 18.4. The Morgan fingerprint density at radius 2 is 2.04 bits per heavy atom. The molecule has 2 aliphatic rings. The second-order valence-electron chi connectivity index (χ2n) is 6.70. The van der Waals surface area contributed by atoms with Crippen LogP contribution >= 0.6 is 12.4 Å². The van der Waals surface area contributed by atoms with E-state index in [1.54, 1.807) is 6.07 Å². The van der Waals surface area contributed by atoms with Crippen LogP contribution in [0.1, 0.15) is 40.2 Å². The van der Waals surface area contributed by atoms with Gasteiger partial charge in [0, 0.05) is 48.1 Å². The highest BCUT2D eigenvalue weighted by Crippen LogP contribution is 2.31. The number of aromatic nitrogens is 2. The standard InChI is InChI=1S/C18H21N5O2.ClH/c1-10-2-5-12(20-17(24)11-3-4-11)8-15(10)21-18(25)16-13-9-19-7-6-14(13)22-23-16;/h2,5,8,11,19H,3-4,6-7,9H2,1H3,(H,20,24)(H,21,25)(H,22,23);1H. The van der Waals surface area contributed by atoms with E-state index in [1.807, 2.05) is 19.1 Å². The largest absolute Gasteiger partial charge is 0.326 e. The third-order valence-corrected chi connectivity index (χ3v) is 4.72. The zero-order valence-corrected chi connectivity index (χ0v) is 15.3. The number of halogens is 1. The number of hydrogen-bond acceptors (Lipinski definition) is 4. The maximum Gasteiger partial charge on any atom is 0.276 e. The number of fused-ring (bicyclic) bond motifs is 1. The molecule has 2 amide bonds. The minimum absolute atomic E-state index is 0. The van der Waals surface area contributed by atoms with Crippen molar-refractivity contribution in [1.29, 1.82) is 0 Å². The second-order valence-corrected chi connectivity index (χ2v) is 6.70. The van der Waals surface area contributed by atoms with E-state index in [-0.39, 0.29) is 30.1 Å². The maximum absolute atomic E-state index is 12.6. The van der Waals surface area contributed by atoms with Gasteiger partial charge in [-0.25, -0.2) is 0 Å². The summed E-state index contributed by atoms with van der Waals surface area (Å²) in [4.78, 5) is 24.6.